The van der Waals surface area contributed by atoms with E-state index in [9.17, 15) is 10.1 Å². The molecule has 0 unspecified atom stereocenters. The fraction of sp³-hybridized carbons (Fsp3) is 0.483. The van der Waals surface area contributed by atoms with Crippen molar-refractivity contribution in [2.45, 2.75) is 69.6 Å². The standard InChI is InChI=1S/C29H30N4OS/c30-16-23-22-8-4-5-9-25(22)35-28(23)31-27(34)24-17-33(21-6-2-1-3-7-21)32-26(24)29-13-18-10-19(14-29)12-20(11-18)15-29/h1-3,6-7,17-20H,4-5,8-15H2,(H,31,34). The number of aryl methyl sites for hydroxylation is 1. The van der Waals surface area contributed by atoms with Gasteiger partial charge >= 0.3 is 0 Å². The van der Waals surface area contributed by atoms with Gasteiger partial charge in [0.05, 0.1) is 22.5 Å². The van der Waals surface area contributed by atoms with E-state index in [1.54, 1.807) is 11.3 Å². The van der Waals surface area contributed by atoms with Gasteiger partial charge in [0.25, 0.3) is 5.91 Å². The number of carbonyl (C=O) groups is 1. The number of nitriles is 1. The maximum Gasteiger partial charge on any atom is 0.259 e. The average Bonchev–Trinajstić information content (AvgIpc) is 3.46. The van der Waals surface area contributed by atoms with Crippen LogP contribution in [-0.2, 0) is 18.3 Å². The van der Waals surface area contributed by atoms with Gasteiger partial charge in [0, 0.05) is 16.5 Å². The molecule has 1 aromatic carbocycles. The molecule has 5 aliphatic carbocycles. The summed E-state index contributed by atoms with van der Waals surface area (Å²) in [5.74, 6) is 2.20. The lowest BCUT2D eigenvalue weighted by molar-refractivity contribution is -0.00765. The van der Waals surface area contributed by atoms with E-state index in [0.717, 1.165) is 79.6 Å². The first-order chi connectivity index (χ1) is 17.1. The highest BCUT2D eigenvalue weighted by molar-refractivity contribution is 7.16. The van der Waals surface area contributed by atoms with E-state index in [1.165, 1.54) is 24.1 Å². The number of carbonyl (C=O) groups excluding carboxylic acids is 1. The number of nitrogens with zero attached hydrogens (tertiary/aromatic N) is 3. The number of thiophene rings is 1. The minimum Gasteiger partial charge on any atom is -0.312 e. The largest absolute Gasteiger partial charge is 0.312 e. The van der Waals surface area contributed by atoms with E-state index < -0.39 is 0 Å². The quantitative estimate of drug-likeness (QED) is 0.467. The summed E-state index contributed by atoms with van der Waals surface area (Å²) in [6.07, 6.45) is 13.7. The van der Waals surface area contributed by atoms with Crippen molar-refractivity contribution in [2.75, 3.05) is 5.32 Å². The highest BCUT2D eigenvalue weighted by atomic mass is 32.1. The summed E-state index contributed by atoms with van der Waals surface area (Å²) in [5, 5.41) is 18.9. The van der Waals surface area contributed by atoms with Crippen molar-refractivity contribution >= 4 is 22.2 Å². The maximum atomic E-state index is 13.9. The zero-order chi connectivity index (χ0) is 23.6. The second kappa shape index (κ2) is 8.06. The number of rotatable bonds is 4. The zero-order valence-electron chi connectivity index (χ0n) is 19.9. The lowest BCUT2D eigenvalue weighted by Crippen LogP contribution is -2.49. The molecule has 3 aromatic rings. The SMILES string of the molecule is N#Cc1c(NC(=O)c2cn(-c3ccccc3)nc2C23CC4CC(CC(C4)C2)C3)sc2c1CCCC2. The molecular formula is C29H30N4OS. The Labute approximate surface area is 210 Å². The molecular weight excluding hydrogens is 452 g/mol. The second-order valence-corrected chi connectivity index (χ2v) is 12.5. The van der Waals surface area contributed by atoms with Crippen LogP contribution in [0.5, 0.6) is 0 Å². The van der Waals surface area contributed by atoms with E-state index in [-0.39, 0.29) is 11.3 Å². The van der Waals surface area contributed by atoms with Crippen LogP contribution < -0.4 is 5.32 Å². The van der Waals surface area contributed by atoms with Crippen molar-refractivity contribution in [1.82, 2.24) is 9.78 Å². The van der Waals surface area contributed by atoms with Crippen molar-refractivity contribution in [3.8, 4) is 11.8 Å². The van der Waals surface area contributed by atoms with Gasteiger partial charge in [-0.2, -0.15) is 10.4 Å². The van der Waals surface area contributed by atoms with Crippen LogP contribution in [0.4, 0.5) is 5.00 Å². The highest BCUT2D eigenvalue weighted by Crippen LogP contribution is 2.61. The summed E-state index contributed by atoms with van der Waals surface area (Å²) in [6, 6.07) is 12.5. The van der Waals surface area contributed by atoms with Gasteiger partial charge in [-0.15, -0.1) is 11.3 Å². The third-order valence-corrected chi connectivity index (χ3v) is 10.2. The number of aromatic nitrogens is 2. The van der Waals surface area contributed by atoms with Crippen LogP contribution in [0.1, 0.15) is 83.4 Å². The predicted octanol–water partition coefficient (Wildman–Crippen LogP) is 6.40. The number of benzene rings is 1. The van der Waals surface area contributed by atoms with Gasteiger partial charge in [0.1, 0.15) is 11.1 Å². The molecule has 4 bridgehead atoms. The molecule has 6 heteroatoms. The Morgan fingerprint density at radius 2 is 1.74 bits per heavy atom. The molecule has 2 heterocycles. The van der Waals surface area contributed by atoms with E-state index in [1.807, 2.05) is 41.2 Å². The summed E-state index contributed by atoms with van der Waals surface area (Å²) in [5.41, 5.74) is 4.48. The summed E-state index contributed by atoms with van der Waals surface area (Å²) in [7, 11) is 0. The third-order valence-electron chi connectivity index (χ3n) is 9.03. The van der Waals surface area contributed by atoms with E-state index in [0.29, 0.717) is 16.1 Å². The monoisotopic (exact) mass is 482 g/mol. The summed E-state index contributed by atoms with van der Waals surface area (Å²) >= 11 is 1.60. The zero-order valence-corrected chi connectivity index (χ0v) is 20.7. The molecule has 1 amide bonds. The van der Waals surface area contributed by atoms with Crippen molar-refractivity contribution in [3.05, 3.63) is 63.8 Å². The smallest absolute Gasteiger partial charge is 0.259 e. The molecule has 5 nitrogen and oxygen atoms in total. The Bertz CT molecular complexity index is 1310. The summed E-state index contributed by atoms with van der Waals surface area (Å²) in [4.78, 5) is 15.2. The molecule has 4 fully saturated rings. The van der Waals surface area contributed by atoms with Gasteiger partial charge in [-0.3, -0.25) is 4.79 Å². The Balaban J connectivity index is 1.30. The lowest BCUT2D eigenvalue weighted by atomic mass is 9.48. The van der Waals surface area contributed by atoms with Crippen molar-refractivity contribution < 1.29 is 4.79 Å². The molecule has 2 aromatic heterocycles. The van der Waals surface area contributed by atoms with Gasteiger partial charge in [-0.1, -0.05) is 18.2 Å². The van der Waals surface area contributed by atoms with Gasteiger partial charge in [-0.25, -0.2) is 4.68 Å². The fourth-order valence-corrected chi connectivity index (χ4v) is 9.22. The molecule has 5 aliphatic rings. The van der Waals surface area contributed by atoms with Gasteiger partial charge in [-0.05, 0) is 99.7 Å². The first-order valence-electron chi connectivity index (χ1n) is 13.1. The lowest BCUT2D eigenvalue weighted by Gasteiger charge is -2.56. The average molecular weight is 483 g/mol. The third kappa shape index (κ3) is 3.47. The Morgan fingerprint density at radius 1 is 1.06 bits per heavy atom. The molecule has 1 N–H and O–H groups in total. The van der Waals surface area contributed by atoms with E-state index in [2.05, 4.69) is 11.4 Å². The van der Waals surface area contributed by atoms with Gasteiger partial charge < -0.3 is 5.32 Å². The molecule has 8 rings (SSSR count). The van der Waals surface area contributed by atoms with E-state index in [4.69, 9.17) is 5.10 Å². The first kappa shape index (κ1) is 21.4. The second-order valence-electron chi connectivity index (χ2n) is 11.4. The van der Waals surface area contributed by atoms with Crippen LogP contribution in [0.2, 0.25) is 0 Å². The Hall–Kier alpha value is -2.91. The minimum absolute atomic E-state index is 0.00813. The van der Waals surface area contributed by atoms with Gasteiger partial charge in [0.15, 0.2) is 0 Å². The van der Waals surface area contributed by atoms with Crippen LogP contribution in [0, 0.1) is 29.1 Å². The van der Waals surface area contributed by atoms with Crippen LogP contribution in [0.3, 0.4) is 0 Å². The molecule has 0 radical (unpaired) electrons. The van der Waals surface area contributed by atoms with Crippen LogP contribution >= 0.6 is 11.3 Å². The fourth-order valence-electron chi connectivity index (χ4n) is 7.99. The molecule has 178 valence electrons. The highest BCUT2D eigenvalue weighted by Gasteiger charge is 2.54. The number of hydrogen-bond donors (Lipinski definition) is 1. The number of para-hydroxylation sites is 1. The van der Waals surface area contributed by atoms with E-state index >= 15 is 0 Å². The number of amides is 1. The number of anilines is 1. The minimum atomic E-state index is -0.118. The number of hydrogen-bond acceptors (Lipinski definition) is 4. The molecule has 0 aliphatic heterocycles. The van der Waals surface area contributed by atoms with Gasteiger partial charge in [0.2, 0.25) is 0 Å². The molecule has 35 heavy (non-hydrogen) atoms. The van der Waals surface area contributed by atoms with Crippen molar-refractivity contribution in [3.63, 3.8) is 0 Å². The van der Waals surface area contributed by atoms with Crippen molar-refractivity contribution in [2.24, 2.45) is 17.8 Å². The summed E-state index contributed by atoms with van der Waals surface area (Å²) < 4.78 is 1.90. The molecule has 0 spiro atoms. The Kier molecular flexibility index (Phi) is 4.92. The molecule has 0 atom stereocenters. The van der Waals surface area contributed by atoms with Crippen LogP contribution in [0.25, 0.3) is 5.69 Å². The molecule has 0 saturated heterocycles. The molecule has 4 saturated carbocycles. The predicted molar refractivity (Wildman–Crippen MR) is 137 cm³/mol. The number of fused-ring (bicyclic) bond motifs is 1. The Morgan fingerprint density at radius 3 is 2.43 bits per heavy atom. The van der Waals surface area contributed by atoms with Crippen molar-refractivity contribution in [1.29, 1.82) is 5.26 Å². The topological polar surface area (TPSA) is 70.7 Å². The summed E-state index contributed by atoms with van der Waals surface area (Å²) in [6.45, 7) is 0. The van der Waals surface area contributed by atoms with Crippen LogP contribution in [-0.4, -0.2) is 15.7 Å². The normalized spacial score (nSPS) is 28.5. The maximum absolute atomic E-state index is 13.9. The first-order valence-corrected chi connectivity index (χ1v) is 13.9. The van der Waals surface area contributed by atoms with Crippen LogP contribution in [0.15, 0.2) is 36.5 Å². The number of nitrogens with one attached hydrogen (secondary N) is 1.